The second kappa shape index (κ2) is 8.14. The van der Waals surface area contributed by atoms with Gasteiger partial charge in [-0.2, -0.15) is 0 Å². The molecule has 0 bridgehead atoms. The van der Waals surface area contributed by atoms with E-state index in [9.17, 15) is 4.79 Å². The molecule has 0 aliphatic rings. The summed E-state index contributed by atoms with van der Waals surface area (Å²) in [5, 5.41) is 6.13. The summed E-state index contributed by atoms with van der Waals surface area (Å²) in [6.07, 6.45) is 0. The molecule has 0 fully saturated rings. The quantitative estimate of drug-likeness (QED) is 0.652. The zero-order valence-corrected chi connectivity index (χ0v) is 16.1. The van der Waals surface area contributed by atoms with Crippen LogP contribution >= 0.6 is 11.6 Å². The Bertz CT molecular complexity index is 952. The lowest BCUT2D eigenvalue weighted by molar-refractivity contribution is 0.251. The summed E-state index contributed by atoms with van der Waals surface area (Å²) in [6.45, 7) is 3.96. The van der Waals surface area contributed by atoms with Gasteiger partial charge < -0.3 is 19.8 Å². The second-order valence-corrected chi connectivity index (χ2v) is 6.45. The normalized spacial score (nSPS) is 10.5. The van der Waals surface area contributed by atoms with E-state index < -0.39 is 0 Å². The van der Waals surface area contributed by atoms with Gasteiger partial charge >= 0.3 is 6.03 Å². The molecule has 2 N–H and O–H groups in total. The van der Waals surface area contributed by atoms with E-state index in [2.05, 4.69) is 15.6 Å². The molecule has 2 aromatic carbocycles. The maximum Gasteiger partial charge on any atom is 0.319 e. The third-order valence-electron chi connectivity index (χ3n) is 4.09. The first kappa shape index (κ1) is 18.8. The lowest BCUT2D eigenvalue weighted by Gasteiger charge is -2.09. The highest BCUT2D eigenvalue weighted by molar-refractivity contribution is 6.31. The number of ether oxygens (including phenoxy) is 1. The van der Waals surface area contributed by atoms with Crippen molar-refractivity contribution in [3.05, 3.63) is 64.5 Å². The average Bonchev–Trinajstić information content (AvgIpc) is 3.04. The fraction of sp³-hybridized carbons (Fsp3) is 0.200. The van der Waals surface area contributed by atoms with Gasteiger partial charge in [-0.3, -0.25) is 0 Å². The largest absolute Gasteiger partial charge is 0.497 e. The third-order valence-corrected chi connectivity index (χ3v) is 4.33. The van der Waals surface area contributed by atoms with Crippen molar-refractivity contribution in [2.75, 3.05) is 12.4 Å². The van der Waals surface area contributed by atoms with Crippen molar-refractivity contribution in [1.82, 2.24) is 10.3 Å². The number of aryl methyl sites for hydroxylation is 2. The molecule has 140 valence electrons. The topological polar surface area (TPSA) is 76.4 Å². The molecule has 7 heteroatoms. The zero-order chi connectivity index (χ0) is 19.4. The molecule has 1 aromatic heterocycles. The molecule has 0 radical (unpaired) electrons. The fourth-order valence-electron chi connectivity index (χ4n) is 2.51. The van der Waals surface area contributed by atoms with Crippen LogP contribution in [0.3, 0.4) is 0 Å². The number of carbonyl (C=O) groups excluding carboxylic acids is 1. The average molecular weight is 386 g/mol. The summed E-state index contributed by atoms with van der Waals surface area (Å²) in [5.74, 6) is 1.91. The number of urea groups is 1. The molecule has 0 unspecified atom stereocenters. The number of hydrogen-bond donors (Lipinski definition) is 2. The number of amides is 2. The van der Waals surface area contributed by atoms with Crippen LogP contribution in [0.4, 0.5) is 10.5 Å². The molecule has 0 spiro atoms. The number of hydrogen-bond acceptors (Lipinski definition) is 4. The minimum Gasteiger partial charge on any atom is -0.497 e. The number of nitrogens with zero attached hydrogens (tertiary/aromatic N) is 1. The Labute approximate surface area is 162 Å². The minimum atomic E-state index is -0.339. The maximum atomic E-state index is 12.2. The van der Waals surface area contributed by atoms with Gasteiger partial charge in [0.05, 0.1) is 13.7 Å². The number of carbonyl (C=O) groups is 1. The molecule has 27 heavy (non-hydrogen) atoms. The number of benzene rings is 2. The highest BCUT2D eigenvalue weighted by atomic mass is 35.5. The molecule has 0 atom stereocenters. The molecule has 3 rings (SSSR count). The van der Waals surface area contributed by atoms with Crippen molar-refractivity contribution in [3.8, 4) is 17.2 Å². The fourth-order valence-corrected chi connectivity index (χ4v) is 2.68. The van der Waals surface area contributed by atoms with Gasteiger partial charge in [0.25, 0.3) is 0 Å². The first-order chi connectivity index (χ1) is 13.0. The standard InChI is InChI=1S/C20H20ClN3O3/c1-12-4-7-15(21)10-17(12)24-20(25)22-11-18-13(2)27-19(23-18)14-5-8-16(26-3)9-6-14/h4-10H,11H2,1-3H3,(H2,22,24,25). The molecule has 6 nitrogen and oxygen atoms in total. The van der Waals surface area contributed by atoms with Crippen molar-refractivity contribution < 1.29 is 13.9 Å². The summed E-state index contributed by atoms with van der Waals surface area (Å²) in [4.78, 5) is 16.6. The Morgan fingerprint density at radius 2 is 1.93 bits per heavy atom. The maximum absolute atomic E-state index is 12.2. The number of oxazole rings is 1. The van der Waals surface area contributed by atoms with Gasteiger partial charge in [-0.15, -0.1) is 0 Å². The van der Waals surface area contributed by atoms with Crippen LogP contribution in [-0.2, 0) is 6.54 Å². The Hall–Kier alpha value is -2.99. The molecule has 0 aliphatic heterocycles. The predicted molar refractivity (Wildman–Crippen MR) is 105 cm³/mol. The Kier molecular flexibility index (Phi) is 5.66. The van der Waals surface area contributed by atoms with Crippen LogP contribution < -0.4 is 15.4 Å². The second-order valence-electron chi connectivity index (χ2n) is 6.02. The molecule has 0 aliphatic carbocycles. The van der Waals surface area contributed by atoms with E-state index in [4.69, 9.17) is 20.8 Å². The van der Waals surface area contributed by atoms with Crippen LogP contribution in [0.5, 0.6) is 5.75 Å². The monoisotopic (exact) mass is 385 g/mol. The lowest BCUT2D eigenvalue weighted by Crippen LogP contribution is -2.28. The minimum absolute atomic E-state index is 0.247. The van der Waals surface area contributed by atoms with E-state index in [0.29, 0.717) is 28.1 Å². The summed E-state index contributed by atoms with van der Waals surface area (Å²) >= 11 is 5.97. The highest BCUT2D eigenvalue weighted by Crippen LogP contribution is 2.24. The van der Waals surface area contributed by atoms with Gasteiger partial charge in [-0.25, -0.2) is 9.78 Å². The summed E-state index contributed by atoms with van der Waals surface area (Å²) < 4.78 is 10.9. The van der Waals surface area contributed by atoms with Crippen LogP contribution in [-0.4, -0.2) is 18.1 Å². The molecule has 3 aromatic rings. The molecule has 1 heterocycles. The summed E-state index contributed by atoms with van der Waals surface area (Å²) in [7, 11) is 1.62. The first-order valence-electron chi connectivity index (χ1n) is 8.38. The Balaban J connectivity index is 1.64. The highest BCUT2D eigenvalue weighted by Gasteiger charge is 2.13. The van der Waals surface area contributed by atoms with E-state index in [1.54, 1.807) is 19.2 Å². The third kappa shape index (κ3) is 4.60. The lowest BCUT2D eigenvalue weighted by atomic mass is 10.2. The van der Waals surface area contributed by atoms with Crippen LogP contribution in [0.2, 0.25) is 5.02 Å². The van der Waals surface area contributed by atoms with Gasteiger partial charge in [0.15, 0.2) is 0 Å². The molecule has 2 amide bonds. The van der Waals surface area contributed by atoms with Crippen LogP contribution in [0.25, 0.3) is 11.5 Å². The van der Waals surface area contributed by atoms with Gasteiger partial charge in [-0.1, -0.05) is 17.7 Å². The number of rotatable bonds is 5. The van der Waals surface area contributed by atoms with Crippen molar-refractivity contribution in [1.29, 1.82) is 0 Å². The summed E-state index contributed by atoms with van der Waals surface area (Å²) in [6, 6.07) is 12.4. The van der Waals surface area contributed by atoms with E-state index >= 15 is 0 Å². The Morgan fingerprint density at radius 1 is 1.19 bits per heavy atom. The van der Waals surface area contributed by atoms with Gasteiger partial charge in [-0.05, 0) is 55.8 Å². The SMILES string of the molecule is COc1ccc(-c2nc(CNC(=O)Nc3cc(Cl)ccc3C)c(C)o2)cc1. The van der Waals surface area contributed by atoms with Crippen molar-refractivity contribution in [2.45, 2.75) is 20.4 Å². The van der Waals surface area contributed by atoms with E-state index in [0.717, 1.165) is 16.9 Å². The van der Waals surface area contributed by atoms with E-state index in [-0.39, 0.29) is 12.6 Å². The number of anilines is 1. The van der Waals surface area contributed by atoms with Crippen LogP contribution in [0, 0.1) is 13.8 Å². The predicted octanol–water partition coefficient (Wildman–Crippen LogP) is 4.94. The van der Waals surface area contributed by atoms with Gasteiger partial charge in [0.1, 0.15) is 17.2 Å². The number of nitrogens with one attached hydrogen (secondary N) is 2. The molecule has 0 saturated carbocycles. The number of methoxy groups -OCH3 is 1. The van der Waals surface area contributed by atoms with Gasteiger partial charge in [0, 0.05) is 16.3 Å². The molecule has 0 saturated heterocycles. The summed E-state index contributed by atoms with van der Waals surface area (Å²) in [5.41, 5.74) is 3.09. The van der Waals surface area contributed by atoms with E-state index in [1.807, 2.05) is 44.2 Å². The zero-order valence-electron chi connectivity index (χ0n) is 15.3. The van der Waals surface area contributed by atoms with E-state index in [1.165, 1.54) is 0 Å². The number of halogens is 1. The molecular weight excluding hydrogens is 366 g/mol. The number of aromatic nitrogens is 1. The van der Waals surface area contributed by atoms with Crippen molar-refractivity contribution in [2.24, 2.45) is 0 Å². The van der Waals surface area contributed by atoms with Crippen LogP contribution in [0.1, 0.15) is 17.0 Å². The smallest absolute Gasteiger partial charge is 0.319 e. The van der Waals surface area contributed by atoms with Crippen molar-refractivity contribution >= 4 is 23.3 Å². The van der Waals surface area contributed by atoms with Crippen LogP contribution in [0.15, 0.2) is 46.9 Å². The first-order valence-corrected chi connectivity index (χ1v) is 8.76. The Morgan fingerprint density at radius 3 is 2.63 bits per heavy atom. The molecular formula is C20H20ClN3O3. The van der Waals surface area contributed by atoms with Gasteiger partial charge in [0.2, 0.25) is 5.89 Å². The van der Waals surface area contributed by atoms with Crippen molar-refractivity contribution in [3.63, 3.8) is 0 Å².